The molecule has 0 radical (unpaired) electrons. The Bertz CT molecular complexity index is 536. The molecule has 0 aromatic heterocycles. The molecule has 3 heteroatoms. The average molecular weight is 271 g/mol. The Morgan fingerprint density at radius 2 is 2.25 bits per heavy atom. The molecule has 0 spiro atoms. The number of aliphatic hydroxyl groups is 1. The van der Waals surface area contributed by atoms with Crippen molar-refractivity contribution in [2.75, 3.05) is 13.2 Å². The van der Waals surface area contributed by atoms with Crippen molar-refractivity contribution in [3.8, 4) is 11.8 Å². The second-order valence-corrected chi connectivity index (χ2v) is 5.33. The molecule has 3 nitrogen and oxygen atoms in total. The molecule has 0 bridgehead atoms. The van der Waals surface area contributed by atoms with Crippen molar-refractivity contribution in [1.82, 2.24) is 5.32 Å². The minimum atomic E-state index is -0.170. The van der Waals surface area contributed by atoms with Gasteiger partial charge in [0.15, 0.2) is 0 Å². The van der Waals surface area contributed by atoms with Gasteiger partial charge in [0.05, 0.1) is 0 Å². The van der Waals surface area contributed by atoms with Crippen LogP contribution in [0.25, 0.3) is 0 Å². The van der Waals surface area contributed by atoms with Gasteiger partial charge in [-0.25, -0.2) is 0 Å². The fourth-order valence-corrected chi connectivity index (χ4v) is 2.13. The van der Waals surface area contributed by atoms with Gasteiger partial charge in [-0.15, -0.1) is 0 Å². The van der Waals surface area contributed by atoms with Gasteiger partial charge >= 0.3 is 0 Å². The molecule has 1 saturated carbocycles. The minimum Gasteiger partial charge on any atom is -0.384 e. The predicted octanol–water partition coefficient (Wildman–Crippen LogP) is 2.26. The van der Waals surface area contributed by atoms with Crippen molar-refractivity contribution in [2.24, 2.45) is 5.92 Å². The Kier molecular flexibility index (Phi) is 5.20. The van der Waals surface area contributed by atoms with Crippen molar-refractivity contribution in [3.05, 3.63) is 34.9 Å². The molecule has 0 atom stereocenters. The van der Waals surface area contributed by atoms with E-state index < -0.39 is 0 Å². The smallest absolute Gasteiger partial charge is 0.251 e. The second-order valence-electron chi connectivity index (χ2n) is 5.33. The zero-order valence-electron chi connectivity index (χ0n) is 11.9. The van der Waals surface area contributed by atoms with Crippen LogP contribution < -0.4 is 5.32 Å². The van der Waals surface area contributed by atoms with Gasteiger partial charge in [-0.1, -0.05) is 30.7 Å². The number of nitrogens with one attached hydrogen (secondary N) is 1. The fourth-order valence-electron chi connectivity index (χ4n) is 2.13. The lowest BCUT2D eigenvalue weighted by Crippen LogP contribution is -2.24. The summed E-state index contributed by atoms with van der Waals surface area (Å²) in [6.45, 7) is 2.51. The maximum absolute atomic E-state index is 12.0. The van der Waals surface area contributed by atoms with Crippen molar-refractivity contribution < 1.29 is 9.90 Å². The molecular formula is C17H21NO2. The first-order valence-corrected chi connectivity index (χ1v) is 7.19. The summed E-state index contributed by atoms with van der Waals surface area (Å²) in [6, 6.07) is 5.49. The van der Waals surface area contributed by atoms with E-state index in [1.54, 1.807) is 6.07 Å². The fraction of sp³-hybridized carbons (Fsp3) is 0.471. The van der Waals surface area contributed by atoms with Crippen molar-refractivity contribution in [3.63, 3.8) is 0 Å². The number of carbonyl (C=O) groups excluding carboxylic acids is 1. The third kappa shape index (κ3) is 4.40. The van der Waals surface area contributed by atoms with Crippen LogP contribution in [0, 0.1) is 24.7 Å². The monoisotopic (exact) mass is 271 g/mol. The number of aryl methyl sites for hydroxylation is 1. The number of aliphatic hydroxyl groups excluding tert-OH is 1. The Morgan fingerprint density at radius 1 is 1.45 bits per heavy atom. The summed E-state index contributed by atoms with van der Waals surface area (Å²) in [5, 5.41) is 11.7. The lowest BCUT2D eigenvalue weighted by atomic mass is 10.0. The highest BCUT2D eigenvalue weighted by molar-refractivity contribution is 5.94. The van der Waals surface area contributed by atoms with Crippen LogP contribution >= 0.6 is 0 Å². The van der Waals surface area contributed by atoms with E-state index >= 15 is 0 Å². The molecule has 1 aromatic rings. The molecule has 1 aliphatic carbocycles. The van der Waals surface area contributed by atoms with Crippen molar-refractivity contribution >= 4 is 5.91 Å². The summed E-state index contributed by atoms with van der Waals surface area (Å²) < 4.78 is 0. The van der Waals surface area contributed by atoms with Gasteiger partial charge in [0.1, 0.15) is 6.61 Å². The zero-order chi connectivity index (χ0) is 14.4. The van der Waals surface area contributed by atoms with Gasteiger partial charge in [-0.3, -0.25) is 4.79 Å². The third-order valence-corrected chi connectivity index (χ3v) is 3.57. The summed E-state index contributed by atoms with van der Waals surface area (Å²) >= 11 is 0. The molecule has 0 heterocycles. The van der Waals surface area contributed by atoms with Crippen LogP contribution in [0.15, 0.2) is 18.2 Å². The van der Waals surface area contributed by atoms with Gasteiger partial charge < -0.3 is 10.4 Å². The molecule has 2 rings (SSSR count). The van der Waals surface area contributed by atoms with E-state index in [1.165, 1.54) is 19.3 Å². The minimum absolute atomic E-state index is 0.0483. The highest BCUT2D eigenvalue weighted by Crippen LogP contribution is 2.33. The standard InChI is InChI=1S/C17H21NO2/c1-13-6-9-16(12-15(13)5-3-11-19)17(20)18-10-2-4-14-7-8-14/h6,9,12,14,19H,2,4,7-8,10-11H2,1H3,(H,18,20). The molecule has 2 N–H and O–H groups in total. The van der Waals surface area contributed by atoms with Crippen LogP contribution in [0.3, 0.4) is 0 Å². The van der Waals surface area contributed by atoms with Gasteiger partial charge in [0.25, 0.3) is 5.91 Å². The highest BCUT2D eigenvalue weighted by atomic mass is 16.2. The molecule has 0 aliphatic heterocycles. The topological polar surface area (TPSA) is 49.3 Å². The van der Waals surface area contributed by atoms with E-state index in [0.29, 0.717) is 5.56 Å². The van der Waals surface area contributed by atoms with Crippen LogP contribution in [-0.4, -0.2) is 24.2 Å². The summed E-state index contributed by atoms with van der Waals surface area (Å²) in [7, 11) is 0. The summed E-state index contributed by atoms with van der Waals surface area (Å²) in [6.07, 6.45) is 5.00. The first-order chi connectivity index (χ1) is 9.70. The number of hydrogen-bond acceptors (Lipinski definition) is 2. The Hall–Kier alpha value is -1.79. The predicted molar refractivity (Wildman–Crippen MR) is 79.4 cm³/mol. The largest absolute Gasteiger partial charge is 0.384 e. The van der Waals surface area contributed by atoms with E-state index in [2.05, 4.69) is 17.2 Å². The van der Waals surface area contributed by atoms with Crippen molar-refractivity contribution in [1.29, 1.82) is 0 Å². The molecule has 1 fully saturated rings. The van der Waals surface area contributed by atoms with Crippen LogP contribution in [0.1, 0.15) is 47.2 Å². The highest BCUT2D eigenvalue weighted by Gasteiger charge is 2.20. The molecular weight excluding hydrogens is 250 g/mol. The van der Waals surface area contributed by atoms with Gasteiger partial charge in [-0.05, 0) is 43.4 Å². The molecule has 0 unspecified atom stereocenters. The quantitative estimate of drug-likeness (QED) is 0.637. The number of benzene rings is 1. The molecule has 1 aromatic carbocycles. The van der Waals surface area contributed by atoms with Crippen LogP contribution in [0.5, 0.6) is 0 Å². The average Bonchev–Trinajstić information content (AvgIpc) is 3.26. The SMILES string of the molecule is Cc1ccc(C(=O)NCCCC2CC2)cc1C#CCO. The summed E-state index contributed by atoms with van der Waals surface area (Å²) in [5.74, 6) is 6.35. The Balaban J connectivity index is 1.90. The summed E-state index contributed by atoms with van der Waals surface area (Å²) in [4.78, 5) is 12.0. The van der Waals surface area contributed by atoms with Crippen molar-refractivity contribution in [2.45, 2.75) is 32.6 Å². The molecule has 106 valence electrons. The van der Waals surface area contributed by atoms with Crippen LogP contribution in [0.4, 0.5) is 0 Å². The normalized spacial score (nSPS) is 13.5. The lowest BCUT2D eigenvalue weighted by Gasteiger charge is -2.06. The number of carbonyl (C=O) groups is 1. The molecule has 0 saturated heterocycles. The van der Waals surface area contributed by atoms with Gasteiger partial charge in [0.2, 0.25) is 0 Å². The first-order valence-electron chi connectivity index (χ1n) is 7.19. The maximum atomic E-state index is 12.0. The lowest BCUT2D eigenvalue weighted by molar-refractivity contribution is 0.0953. The Morgan fingerprint density at radius 3 is 2.95 bits per heavy atom. The van der Waals surface area contributed by atoms with E-state index in [-0.39, 0.29) is 12.5 Å². The van der Waals surface area contributed by atoms with E-state index in [1.807, 2.05) is 19.1 Å². The second kappa shape index (κ2) is 7.12. The number of amides is 1. The van der Waals surface area contributed by atoms with E-state index in [0.717, 1.165) is 30.0 Å². The van der Waals surface area contributed by atoms with E-state index in [9.17, 15) is 4.79 Å². The zero-order valence-corrected chi connectivity index (χ0v) is 11.9. The molecule has 1 aliphatic rings. The van der Waals surface area contributed by atoms with Gasteiger partial charge in [0, 0.05) is 17.7 Å². The van der Waals surface area contributed by atoms with Gasteiger partial charge in [-0.2, -0.15) is 0 Å². The third-order valence-electron chi connectivity index (χ3n) is 3.57. The first kappa shape index (κ1) is 14.6. The molecule has 20 heavy (non-hydrogen) atoms. The number of rotatable bonds is 5. The van der Waals surface area contributed by atoms with E-state index in [4.69, 9.17) is 5.11 Å². The Labute approximate surface area is 120 Å². The van der Waals surface area contributed by atoms with Crippen LogP contribution in [-0.2, 0) is 0 Å². The maximum Gasteiger partial charge on any atom is 0.251 e. The van der Waals surface area contributed by atoms with Crippen LogP contribution in [0.2, 0.25) is 0 Å². The summed E-state index contributed by atoms with van der Waals surface area (Å²) in [5.41, 5.74) is 2.44. The number of hydrogen-bond donors (Lipinski definition) is 2. The molecule has 1 amide bonds.